The molecule has 1 unspecified atom stereocenters. The van der Waals surface area contributed by atoms with Crippen molar-refractivity contribution in [3.8, 4) is 0 Å². The van der Waals surface area contributed by atoms with E-state index in [1.807, 2.05) is 18.2 Å². The molecule has 0 saturated carbocycles. The van der Waals surface area contributed by atoms with Crippen LogP contribution in [0.2, 0.25) is 0 Å². The largest absolute Gasteiger partial charge is 0.422 e. The minimum absolute atomic E-state index is 0.305. The van der Waals surface area contributed by atoms with Crippen LogP contribution in [0.25, 0.3) is 11.0 Å². The Morgan fingerprint density at radius 2 is 2.12 bits per heavy atom. The van der Waals surface area contributed by atoms with Gasteiger partial charge in [-0.05, 0) is 30.5 Å². The fourth-order valence-corrected chi connectivity index (χ4v) is 1.91. The van der Waals surface area contributed by atoms with Gasteiger partial charge in [0.25, 0.3) is 0 Å². The van der Waals surface area contributed by atoms with Gasteiger partial charge in [0.2, 0.25) is 0 Å². The number of nitrogens with two attached hydrogens (primary N) is 1. The summed E-state index contributed by atoms with van der Waals surface area (Å²) in [6.07, 6.45) is 0.887. The van der Waals surface area contributed by atoms with Crippen molar-refractivity contribution in [2.45, 2.75) is 19.3 Å². The summed E-state index contributed by atoms with van der Waals surface area (Å²) in [5, 5.41) is 0.959. The van der Waals surface area contributed by atoms with Crippen molar-refractivity contribution in [1.82, 2.24) is 0 Å². The molecule has 0 saturated heterocycles. The van der Waals surface area contributed by atoms with E-state index < -0.39 is 0 Å². The summed E-state index contributed by atoms with van der Waals surface area (Å²) in [5.74, 6) is 0.305. The Hall–Kier alpha value is -1.61. The maximum absolute atomic E-state index is 11.2. The number of hydrogen-bond donors (Lipinski definition) is 1. The molecule has 1 heterocycles. The highest BCUT2D eigenvalue weighted by molar-refractivity contribution is 5.80. The third kappa shape index (κ3) is 1.99. The van der Waals surface area contributed by atoms with Crippen molar-refractivity contribution in [2.24, 2.45) is 5.73 Å². The molecule has 3 nitrogen and oxygen atoms in total. The van der Waals surface area contributed by atoms with Crippen molar-refractivity contribution >= 4 is 11.0 Å². The predicted molar refractivity (Wildman–Crippen MR) is 64.6 cm³/mol. The second kappa shape index (κ2) is 4.49. The standard InChI is InChI=1S/C13H15NO2/c1-9(7-8-14)11-4-2-3-10-5-6-12(15)16-13(10)11/h2-6,9H,7-8,14H2,1H3. The molecule has 0 aliphatic rings. The first kappa shape index (κ1) is 10.9. The van der Waals surface area contributed by atoms with Crippen LogP contribution < -0.4 is 11.4 Å². The summed E-state index contributed by atoms with van der Waals surface area (Å²) in [6.45, 7) is 2.73. The molecule has 84 valence electrons. The van der Waals surface area contributed by atoms with Crippen LogP contribution in [0, 0.1) is 0 Å². The highest BCUT2D eigenvalue weighted by atomic mass is 16.4. The molecule has 16 heavy (non-hydrogen) atoms. The highest BCUT2D eigenvalue weighted by Gasteiger charge is 2.10. The average molecular weight is 217 g/mol. The lowest BCUT2D eigenvalue weighted by molar-refractivity contribution is 0.550. The Labute approximate surface area is 93.9 Å². The van der Waals surface area contributed by atoms with Gasteiger partial charge in [-0.15, -0.1) is 0 Å². The van der Waals surface area contributed by atoms with Crippen molar-refractivity contribution in [1.29, 1.82) is 0 Å². The first-order valence-electron chi connectivity index (χ1n) is 5.45. The molecule has 0 bridgehead atoms. The van der Waals surface area contributed by atoms with Crippen LogP contribution in [-0.2, 0) is 0 Å². The molecule has 1 aromatic heterocycles. The Kier molecular flexibility index (Phi) is 3.06. The second-order valence-electron chi connectivity index (χ2n) is 4.00. The summed E-state index contributed by atoms with van der Waals surface area (Å²) in [6, 6.07) is 9.15. The van der Waals surface area contributed by atoms with E-state index in [0.29, 0.717) is 18.0 Å². The Morgan fingerprint density at radius 3 is 2.88 bits per heavy atom. The third-order valence-electron chi connectivity index (χ3n) is 2.81. The molecule has 0 amide bonds. The summed E-state index contributed by atoms with van der Waals surface area (Å²) in [5.41, 5.74) is 6.99. The normalized spacial score (nSPS) is 12.9. The van der Waals surface area contributed by atoms with Crippen LogP contribution in [0.15, 0.2) is 39.5 Å². The van der Waals surface area contributed by atoms with Crippen molar-refractivity contribution in [2.75, 3.05) is 6.54 Å². The van der Waals surface area contributed by atoms with E-state index in [0.717, 1.165) is 17.4 Å². The maximum atomic E-state index is 11.2. The Bertz CT molecular complexity index is 545. The SMILES string of the molecule is CC(CCN)c1cccc2ccc(=O)oc12. The van der Waals surface area contributed by atoms with Crippen LogP contribution in [0.5, 0.6) is 0 Å². The van der Waals surface area contributed by atoms with Crippen molar-refractivity contribution in [3.05, 3.63) is 46.3 Å². The number of para-hydroxylation sites is 1. The molecular weight excluding hydrogens is 202 g/mol. The summed E-state index contributed by atoms with van der Waals surface area (Å²) in [7, 11) is 0. The third-order valence-corrected chi connectivity index (χ3v) is 2.81. The van der Waals surface area contributed by atoms with Gasteiger partial charge in [-0.3, -0.25) is 0 Å². The highest BCUT2D eigenvalue weighted by Crippen LogP contribution is 2.26. The van der Waals surface area contributed by atoms with E-state index in [4.69, 9.17) is 10.2 Å². The fourth-order valence-electron chi connectivity index (χ4n) is 1.91. The van der Waals surface area contributed by atoms with Crippen LogP contribution in [-0.4, -0.2) is 6.54 Å². The van der Waals surface area contributed by atoms with E-state index in [1.165, 1.54) is 6.07 Å². The number of fused-ring (bicyclic) bond motifs is 1. The van der Waals surface area contributed by atoms with Crippen LogP contribution in [0.4, 0.5) is 0 Å². The van der Waals surface area contributed by atoms with Gasteiger partial charge in [-0.2, -0.15) is 0 Å². The van der Waals surface area contributed by atoms with Gasteiger partial charge in [0.05, 0.1) is 0 Å². The number of hydrogen-bond acceptors (Lipinski definition) is 3. The first-order valence-corrected chi connectivity index (χ1v) is 5.45. The minimum Gasteiger partial charge on any atom is -0.422 e. The van der Waals surface area contributed by atoms with Crippen LogP contribution >= 0.6 is 0 Å². The van der Waals surface area contributed by atoms with Gasteiger partial charge in [-0.1, -0.05) is 25.1 Å². The van der Waals surface area contributed by atoms with E-state index in [9.17, 15) is 4.79 Å². The van der Waals surface area contributed by atoms with Gasteiger partial charge in [0.15, 0.2) is 0 Å². The van der Waals surface area contributed by atoms with E-state index >= 15 is 0 Å². The first-order chi connectivity index (χ1) is 7.72. The quantitative estimate of drug-likeness (QED) is 0.802. The molecule has 2 aromatic rings. The van der Waals surface area contributed by atoms with E-state index in [-0.39, 0.29) is 5.63 Å². The molecule has 2 N–H and O–H groups in total. The fraction of sp³-hybridized carbons (Fsp3) is 0.308. The summed E-state index contributed by atoms with van der Waals surface area (Å²) >= 11 is 0. The number of rotatable bonds is 3. The lowest BCUT2D eigenvalue weighted by Gasteiger charge is -2.11. The predicted octanol–water partition coefficient (Wildman–Crippen LogP) is 2.25. The second-order valence-corrected chi connectivity index (χ2v) is 4.00. The molecule has 0 radical (unpaired) electrons. The van der Waals surface area contributed by atoms with Crippen molar-refractivity contribution < 1.29 is 4.42 Å². The molecule has 0 fully saturated rings. The van der Waals surface area contributed by atoms with Gasteiger partial charge < -0.3 is 10.2 Å². The average Bonchev–Trinajstić information content (AvgIpc) is 2.28. The molecule has 0 aliphatic heterocycles. The minimum atomic E-state index is -0.306. The maximum Gasteiger partial charge on any atom is 0.336 e. The van der Waals surface area contributed by atoms with Crippen LogP contribution in [0.3, 0.4) is 0 Å². The molecule has 0 spiro atoms. The summed E-state index contributed by atoms with van der Waals surface area (Å²) < 4.78 is 5.26. The molecule has 1 aromatic carbocycles. The van der Waals surface area contributed by atoms with E-state index in [1.54, 1.807) is 6.07 Å². The zero-order valence-electron chi connectivity index (χ0n) is 9.27. The molecular formula is C13H15NO2. The summed E-state index contributed by atoms with van der Waals surface area (Å²) in [4.78, 5) is 11.2. The molecule has 2 rings (SSSR count). The monoisotopic (exact) mass is 217 g/mol. The van der Waals surface area contributed by atoms with Crippen molar-refractivity contribution in [3.63, 3.8) is 0 Å². The smallest absolute Gasteiger partial charge is 0.336 e. The molecule has 0 aliphatic carbocycles. The van der Waals surface area contributed by atoms with E-state index in [2.05, 4.69) is 6.92 Å². The van der Waals surface area contributed by atoms with Gasteiger partial charge in [-0.25, -0.2) is 4.79 Å². The molecule has 3 heteroatoms. The Morgan fingerprint density at radius 1 is 1.31 bits per heavy atom. The zero-order valence-corrected chi connectivity index (χ0v) is 9.27. The van der Waals surface area contributed by atoms with Gasteiger partial charge >= 0.3 is 5.63 Å². The zero-order chi connectivity index (χ0) is 11.5. The number of benzene rings is 1. The lowest BCUT2D eigenvalue weighted by atomic mass is 9.96. The van der Waals surface area contributed by atoms with Gasteiger partial charge in [0.1, 0.15) is 5.58 Å². The Balaban J connectivity index is 2.60. The lowest BCUT2D eigenvalue weighted by Crippen LogP contribution is -2.06. The topological polar surface area (TPSA) is 56.2 Å². The van der Waals surface area contributed by atoms with Gasteiger partial charge in [0, 0.05) is 11.5 Å². The van der Waals surface area contributed by atoms with Crippen LogP contribution in [0.1, 0.15) is 24.8 Å². The molecule has 1 atom stereocenters.